The molecule has 0 rings (SSSR count). The van der Waals surface area contributed by atoms with Crippen LogP contribution in [-0.2, 0) is 19.1 Å². The topological polar surface area (TPSA) is 79.9 Å². The zero-order valence-electron chi connectivity index (χ0n) is 13.6. The molecule has 0 heterocycles. The fourth-order valence-electron chi connectivity index (χ4n) is 1.53. The third-order valence-corrected chi connectivity index (χ3v) is 2.76. The molecule has 0 aromatic carbocycles. The summed E-state index contributed by atoms with van der Waals surface area (Å²) in [6.45, 7) is 8.69. The Morgan fingerprint density at radius 2 is 1.90 bits per heavy atom. The lowest BCUT2D eigenvalue weighted by atomic mass is 10.1. The van der Waals surface area contributed by atoms with Gasteiger partial charge in [0.2, 0.25) is 5.91 Å². The van der Waals surface area contributed by atoms with Crippen molar-refractivity contribution in [1.82, 2.24) is 15.8 Å². The Balaban J connectivity index is 3.66. The van der Waals surface area contributed by atoms with Crippen LogP contribution in [0.15, 0.2) is 0 Å². The van der Waals surface area contributed by atoms with Gasteiger partial charge in [-0.1, -0.05) is 13.8 Å². The quantitative estimate of drug-likeness (QED) is 0.279. The van der Waals surface area contributed by atoms with Crippen molar-refractivity contribution in [2.75, 3.05) is 46.6 Å². The number of carbonyl (C=O) groups excluding carboxylic acids is 2. The predicted octanol–water partition coefficient (Wildman–Crippen LogP) is -0.184. The normalized spacial score (nSPS) is 12.7. The Morgan fingerprint density at radius 1 is 1.24 bits per heavy atom. The number of rotatable bonds is 13. The second-order valence-corrected chi connectivity index (χ2v) is 5.05. The number of ether oxygens (including phenoxy) is 2. The molecule has 0 aromatic rings. The first kappa shape index (κ1) is 20.0. The molecule has 0 aliphatic heterocycles. The van der Waals surface area contributed by atoms with Crippen molar-refractivity contribution in [2.24, 2.45) is 5.92 Å². The Bertz CT molecular complexity index is 287. The van der Waals surface area contributed by atoms with Gasteiger partial charge in [-0.15, -0.1) is 0 Å². The molecule has 0 bridgehead atoms. The molecule has 0 aromatic heterocycles. The van der Waals surface area contributed by atoms with Gasteiger partial charge in [-0.25, -0.2) is 10.4 Å². The molecule has 0 aliphatic carbocycles. The van der Waals surface area contributed by atoms with Crippen LogP contribution in [0.2, 0.25) is 0 Å². The van der Waals surface area contributed by atoms with E-state index in [-0.39, 0.29) is 24.4 Å². The van der Waals surface area contributed by atoms with E-state index in [1.807, 2.05) is 20.8 Å². The Morgan fingerprint density at radius 3 is 2.48 bits per heavy atom. The van der Waals surface area contributed by atoms with E-state index in [0.717, 1.165) is 6.29 Å². The van der Waals surface area contributed by atoms with Gasteiger partial charge in [0.25, 0.3) is 0 Å². The molecule has 0 saturated heterocycles. The van der Waals surface area contributed by atoms with E-state index >= 15 is 0 Å². The SMILES string of the molecule is CCOCCOCCNC(=O)CN(C)N[C@H](C=O)C(C)C. The fraction of sp³-hybridized carbons (Fsp3) is 0.857. The molecule has 1 amide bonds. The summed E-state index contributed by atoms with van der Waals surface area (Å²) in [5, 5.41) is 4.37. The lowest BCUT2D eigenvalue weighted by Gasteiger charge is -2.24. The van der Waals surface area contributed by atoms with Crippen LogP contribution in [-0.4, -0.2) is 69.8 Å². The summed E-state index contributed by atoms with van der Waals surface area (Å²) in [5.41, 5.74) is 2.98. The van der Waals surface area contributed by atoms with Gasteiger partial charge in [0.05, 0.1) is 32.4 Å². The van der Waals surface area contributed by atoms with Crippen LogP contribution < -0.4 is 10.7 Å². The highest BCUT2D eigenvalue weighted by molar-refractivity contribution is 5.77. The summed E-state index contributed by atoms with van der Waals surface area (Å²) in [7, 11) is 1.73. The highest BCUT2D eigenvalue weighted by Gasteiger charge is 2.15. The maximum absolute atomic E-state index is 11.7. The average Bonchev–Trinajstić information content (AvgIpc) is 2.43. The second-order valence-electron chi connectivity index (χ2n) is 5.05. The van der Waals surface area contributed by atoms with Gasteiger partial charge in [0.15, 0.2) is 0 Å². The van der Waals surface area contributed by atoms with Crippen molar-refractivity contribution < 1.29 is 19.1 Å². The summed E-state index contributed by atoms with van der Waals surface area (Å²) in [5.74, 6) is 0.0542. The van der Waals surface area contributed by atoms with Crippen LogP contribution in [0.1, 0.15) is 20.8 Å². The van der Waals surface area contributed by atoms with E-state index in [1.54, 1.807) is 12.1 Å². The first-order chi connectivity index (χ1) is 10.0. The van der Waals surface area contributed by atoms with E-state index in [2.05, 4.69) is 10.7 Å². The van der Waals surface area contributed by atoms with E-state index in [9.17, 15) is 9.59 Å². The van der Waals surface area contributed by atoms with Gasteiger partial charge in [-0.05, 0) is 12.8 Å². The summed E-state index contributed by atoms with van der Waals surface area (Å²) in [6, 6.07) is -0.287. The maximum atomic E-state index is 11.7. The van der Waals surface area contributed by atoms with Crippen LogP contribution in [0.3, 0.4) is 0 Å². The molecule has 124 valence electrons. The first-order valence-electron chi connectivity index (χ1n) is 7.36. The predicted molar refractivity (Wildman–Crippen MR) is 80.8 cm³/mol. The number of hydrogen-bond donors (Lipinski definition) is 2. The highest BCUT2D eigenvalue weighted by Crippen LogP contribution is 1.98. The minimum absolute atomic E-state index is 0.119. The number of amides is 1. The van der Waals surface area contributed by atoms with Crippen LogP contribution >= 0.6 is 0 Å². The third-order valence-electron chi connectivity index (χ3n) is 2.76. The molecular weight excluding hydrogens is 274 g/mol. The van der Waals surface area contributed by atoms with Gasteiger partial charge in [0, 0.05) is 20.2 Å². The first-order valence-corrected chi connectivity index (χ1v) is 7.36. The zero-order chi connectivity index (χ0) is 16.1. The maximum Gasteiger partial charge on any atom is 0.235 e. The number of nitrogens with one attached hydrogen (secondary N) is 2. The molecule has 0 radical (unpaired) electrons. The van der Waals surface area contributed by atoms with Crippen molar-refractivity contribution in [2.45, 2.75) is 26.8 Å². The smallest absolute Gasteiger partial charge is 0.235 e. The molecule has 0 spiro atoms. The second kappa shape index (κ2) is 12.7. The fourth-order valence-corrected chi connectivity index (χ4v) is 1.53. The Labute approximate surface area is 127 Å². The van der Waals surface area contributed by atoms with Crippen molar-refractivity contribution in [3.05, 3.63) is 0 Å². The third kappa shape index (κ3) is 11.3. The monoisotopic (exact) mass is 303 g/mol. The summed E-state index contributed by atoms with van der Waals surface area (Å²) in [6.07, 6.45) is 0.852. The average molecular weight is 303 g/mol. The van der Waals surface area contributed by atoms with Gasteiger partial charge >= 0.3 is 0 Å². The van der Waals surface area contributed by atoms with Crippen molar-refractivity contribution >= 4 is 12.2 Å². The van der Waals surface area contributed by atoms with E-state index in [1.165, 1.54) is 0 Å². The molecule has 0 unspecified atom stereocenters. The molecule has 0 aliphatic rings. The van der Waals surface area contributed by atoms with Crippen LogP contribution in [0.5, 0.6) is 0 Å². The van der Waals surface area contributed by atoms with Crippen molar-refractivity contribution in [3.63, 3.8) is 0 Å². The molecule has 1 atom stereocenters. The molecule has 0 fully saturated rings. The van der Waals surface area contributed by atoms with E-state index in [0.29, 0.717) is 33.0 Å². The lowest BCUT2D eigenvalue weighted by molar-refractivity contribution is -0.124. The van der Waals surface area contributed by atoms with Crippen LogP contribution in [0.25, 0.3) is 0 Å². The number of hydrogen-bond acceptors (Lipinski definition) is 6. The Hall–Kier alpha value is -1.02. The molecule has 7 nitrogen and oxygen atoms in total. The minimum atomic E-state index is -0.287. The van der Waals surface area contributed by atoms with Gasteiger partial charge in [0.1, 0.15) is 6.29 Å². The molecule has 0 saturated carbocycles. The van der Waals surface area contributed by atoms with E-state index < -0.39 is 0 Å². The number of aldehydes is 1. The number of hydrazine groups is 1. The zero-order valence-corrected chi connectivity index (χ0v) is 13.6. The minimum Gasteiger partial charge on any atom is -0.379 e. The van der Waals surface area contributed by atoms with Crippen molar-refractivity contribution in [3.8, 4) is 0 Å². The van der Waals surface area contributed by atoms with Crippen LogP contribution in [0.4, 0.5) is 0 Å². The molecule has 21 heavy (non-hydrogen) atoms. The van der Waals surface area contributed by atoms with Gasteiger partial charge < -0.3 is 19.6 Å². The molecular formula is C14H29N3O4. The number of nitrogens with zero attached hydrogens (tertiary/aromatic N) is 1. The molecule has 2 N–H and O–H groups in total. The van der Waals surface area contributed by atoms with Gasteiger partial charge in [-0.2, -0.15) is 0 Å². The molecule has 7 heteroatoms. The summed E-state index contributed by atoms with van der Waals surface area (Å²) < 4.78 is 10.4. The number of likely N-dealkylation sites (N-methyl/N-ethyl adjacent to an activating group) is 1. The largest absolute Gasteiger partial charge is 0.379 e. The van der Waals surface area contributed by atoms with E-state index in [4.69, 9.17) is 9.47 Å². The van der Waals surface area contributed by atoms with Gasteiger partial charge in [-0.3, -0.25) is 4.79 Å². The van der Waals surface area contributed by atoms with Crippen LogP contribution in [0, 0.1) is 5.92 Å². The lowest BCUT2D eigenvalue weighted by Crippen LogP contribution is -2.49. The van der Waals surface area contributed by atoms with Crippen molar-refractivity contribution in [1.29, 1.82) is 0 Å². The Kier molecular flexibility index (Phi) is 12.1. The standard InChI is InChI=1S/C14H29N3O4/c1-5-20-8-9-21-7-6-15-14(19)10-17(4)16-13(11-18)12(2)3/h11-13,16H,5-10H2,1-4H3,(H,15,19)/t13-/m1/s1. The summed E-state index contributed by atoms with van der Waals surface area (Å²) >= 11 is 0. The summed E-state index contributed by atoms with van der Waals surface area (Å²) in [4.78, 5) is 22.5. The number of carbonyl (C=O) groups is 2. The highest BCUT2D eigenvalue weighted by atomic mass is 16.5.